The summed E-state index contributed by atoms with van der Waals surface area (Å²) in [5.74, 6) is 0.446. The summed E-state index contributed by atoms with van der Waals surface area (Å²) in [5, 5.41) is 0. The van der Waals surface area contributed by atoms with Crippen LogP contribution < -0.4 is 0 Å². The van der Waals surface area contributed by atoms with E-state index in [9.17, 15) is 4.79 Å². The molecule has 2 unspecified atom stereocenters. The maximum absolute atomic E-state index is 12.2. The first kappa shape index (κ1) is 12.7. The second kappa shape index (κ2) is 3.89. The van der Waals surface area contributed by atoms with E-state index in [4.69, 9.17) is 0 Å². The second-order valence-corrected chi connectivity index (χ2v) is 5.94. The van der Waals surface area contributed by atoms with Gasteiger partial charge >= 0.3 is 0 Å². The van der Waals surface area contributed by atoms with Gasteiger partial charge in [0.1, 0.15) is 5.78 Å². The lowest BCUT2D eigenvalue weighted by atomic mass is 9.48. The zero-order valence-electron chi connectivity index (χ0n) is 11.1. The van der Waals surface area contributed by atoms with Crippen LogP contribution in [0.5, 0.6) is 0 Å². The van der Waals surface area contributed by atoms with Crippen molar-refractivity contribution in [2.24, 2.45) is 10.8 Å². The molecule has 0 bridgehead atoms. The Bertz CT molecular complexity index is 257. The van der Waals surface area contributed by atoms with Gasteiger partial charge in [-0.2, -0.15) is 0 Å². The Balaban J connectivity index is 2.85. The second-order valence-electron chi connectivity index (χ2n) is 5.94. The van der Waals surface area contributed by atoms with E-state index in [0.29, 0.717) is 11.8 Å². The minimum Gasteiger partial charge on any atom is -0.304 e. The third-order valence-corrected chi connectivity index (χ3v) is 3.96. The number of carbonyl (C=O) groups is 1. The minimum atomic E-state index is -0.161. The summed E-state index contributed by atoms with van der Waals surface area (Å²) in [7, 11) is 4.17. The lowest BCUT2D eigenvalue weighted by Crippen LogP contribution is -2.70. The molecule has 1 aliphatic rings. The monoisotopic (exact) mass is 211 g/mol. The lowest BCUT2D eigenvalue weighted by Gasteiger charge is -2.59. The summed E-state index contributed by atoms with van der Waals surface area (Å²) in [6, 6.07) is 0.393. The van der Waals surface area contributed by atoms with Crippen molar-refractivity contribution in [3.63, 3.8) is 0 Å². The number of carbonyl (C=O) groups excluding carboxylic acids is 1. The molecule has 1 rings (SSSR count). The van der Waals surface area contributed by atoms with Gasteiger partial charge in [0.25, 0.3) is 0 Å². The van der Waals surface area contributed by atoms with Gasteiger partial charge in [0.2, 0.25) is 0 Å². The van der Waals surface area contributed by atoms with Gasteiger partial charge in [0.15, 0.2) is 0 Å². The largest absolute Gasteiger partial charge is 0.304 e. The third-order valence-electron chi connectivity index (χ3n) is 3.96. The molecular formula is C13H25NO. The van der Waals surface area contributed by atoms with Gasteiger partial charge < -0.3 is 4.90 Å². The van der Waals surface area contributed by atoms with E-state index in [1.54, 1.807) is 0 Å². The Morgan fingerprint density at radius 1 is 1.27 bits per heavy atom. The number of ketones is 1. The van der Waals surface area contributed by atoms with Crippen LogP contribution in [0.3, 0.4) is 0 Å². The molecule has 1 fully saturated rings. The fraction of sp³-hybridized carbons (Fsp3) is 0.923. The fourth-order valence-electron chi connectivity index (χ4n) is 3.71. The zero-order valence-corrected chi connectivity index (χ0v) is 11.1. The van der Waals surface area contributed by atoms with Crippen LogP contribution in [0, 0.1) is 10.8 Å². The number of Topliss-reactive ketones (excluding diaryl/α,β-unsaturated/α-hetero) is 1. The molecule has 0 aromatic carbocycles. The highest BCUT2D eigenvalue weighted by Crippen LogP contribution is 2.54. The van der Waals surface area contributed by atoms with E-state index in [-0.39, 0.29) is 10.8 Å². The van der Waals surface area contributed by atoms with Crippen LogP contribution in [0.25, 0.3) is 0 Å². The maximum atomic E-state index is 12.2. The quantitative estimate of drug-likeness (QED) is 0.712. The Morgan fingerprint density at radius 3 is 2.20 bits per heavy atom. The highest BCUT2D eigenvalue weighted by atomic mass is 16.1. The minimum absolute atomic E-state index is 0.108. The summed E-state index contributed by atoms with van der Waals surface area (Å²) in [6.45, 7) is 8.48. The van der Waals surface area contributed by atoms with Crippen molar-refractivity contribution >= 4 is 5.78 Å². The summed E-state index contributed by atoms with van der Waals surface area (Å²) in [4.78, 5) is 14.4. The number of rotatable bonds is 4. The van der Waals surface area contributed by atoms with E-state index < -0.39 is 0 Å². The smallest absolute Gasteiger partial charge is 0.147 e. The van der Waals surface area contributed by atoms with Crippen LogP contribution in [0.1, 0.15) is 47.0 Å². The molecule has 0 radical (unpaired) electrons. The van der Waals surface area contributed by atoms with Crippen LogP contribution in [0.4, 0.5) is 0 Å². The first-order chi connectivity index (χ1) is 6.78. The van der Waals surface area contributed by atoms with Gasteiger partial charge in [-0.25, -0.2) is 0 Å². The van der Waals surface area contributed by atoms with E-state index in [1.807, 2.05) is 0 Å². The van der Waals surface area contributed by atoms with Gasteiger partial charge in [-0.15, -0.1) is 0 Å². The van der Waals surface area contributed by atoms with Crippen LogP contribution >= 0.6 is 0 Å². The Hall–Kier alpha value is -0.370. The number of hydrogen-bond donors (Lipinski definition) is 0. The van der Waals surface area contributed by atoms with Crippen molar-refractivity contribution in [2.45, 2.75) is 53.0 Å². The van der Waals surface area contributed by atoms with Gasteiger partial charge in [0, 0.05) is 16.9 Å². The summed E-state index contributed by atoms with van der Waals surface area (Å²) in [5.41, 5.74) is -0.269. The van der Waals surface area contributed by atoms with Crippen LogP contribution in [-0.2, 0) is 4.79 Å². The highest BCUT2D eigenvalue weighted by Gasteiger charge is 2.63. The van der Waals surface area contributed by atoms with Crippen molar-refractivity contribution in [1.29, 1.82) is 0 Å². The van der Waals surface area contributed by atoms with Crippen molar-refractivity contribution < 1.29 is 4.79 Å². The normalized spacial score (nSPS) is 34.3. The molecule has 2 atom stereocenters. The number of nitrogens with zero attached hydrogens (tertiary/aromatic N) is 1. The average molecular weight is 211 g/mol. The fourth-order valence-corrected chi connectivity index (χ4v) is 3.71. The van der Waals surface area contributed by atoms with E-state index in [1.165, 1.54) is 6.42 Å². The van der Waals surface area contributed by atoms with E-state index in [2.05, 4.69) is 46.7 Å². The molecule has 0 amide bonds. The Kier molecular flexibility index (Phi) is 3.30. The molecule has 15 heavy (non-hydrogen) atoms. The van der Waals surface area contributed by atoms with Crippen molar-refractivity contribution in [3.05, 3.63) is 0 Å². The van der Waals surface area contributed by atoms with Crippen molar-refractivity contribution in [3.8, 4) is 0 Å². The zero-order chi connectivity index (χ0) is 11.9. The Morgan fingerprint density at radius 2 is 1.80 bits per heavy atom. The van der Waals surface area contributed by atoms with Crippen molar-refractivity contribution in [2.75, 3.05) is 14.1 Å². The number of hydrogen-bond acceptors (Lipinski definition) is 2. The number of unbranched alkanes of at least 4 members (excludes halogenated alkanes) is 1. The Labute approximate surface area is 94.0 Å². The maximum Gasteiger partial charge on any atom is 0.147 e. The molecule has 2 heteroatoms. The van der Waals surface area contributed by atoms with Gasteiger partial charge in [-0.3, -0.25) is 4.79 Å². The third kappa shape index (κ3) is 1.73. The molecule has 88 valence electrons. The topological polar surface area (TPSA) is 20.3 Å². The van der Waals surface area contributed by atoms with Gasteiger partial charge in [-0.1, -0.05) is 40.5 Å². The predicted molar refractivity (Wildman–Crippen MR) is 63.9 cm³/mol. The van der Waals surface area contributed by atoms with Crippen LogP contribution in [-0.4, -0.2) is 30.8 Å². The molecule has 1 saturated carbocycles. The molecule has 0 N–H and O–H groups in total. The molecule has 0 aromatic heterocycles. The van der Waals surface area contributed by atoms with Crippen LogP contribution in [0.15, 0.2) is 0 Å². The summed E-state index contributed by atoms with van der Waals surface area (Å²) < 4.78 is 0. The molecule has 0 aliphatic heterocycles. The molecular weight excluding hydrogens is 186 g/mol. The van der Waals surface area contributed by atoms with E-state index >= 15 is 0 Å². The predicted octanol–water partition coefficient (Wildman–Crippen LogP) is 2.72. The summed E-state index contributed by atoms with van der Waals surface area (Å²) >= 11 is 0. The first-order valence-corrected chi connectivity index (χ1v) is 5.99. The van der Waals surface area contributed by atoms with Crippen LogP contribution in [0.2, 0.25) is 0 Å². The molecule has 0 spiro atoms. The molecule has 0 saturated heterocycles. The molecule has 0 aromatic rings. The average Bonchev–Trinajstić information content (AvgIpc) is 2.12. The standard InChI is InChI=1S/C13H25NO/c1-7-8-9-13(4)10(14(5)6)12(2,3)11(13)15/h10H,7-9H2,1-6H3. The van der Waals surface area contributed by atoms with Crippen molar-refractivity contribution in [1.82, 2.24) is 4.90 Å². The van der Waals surface area contributed by atoms with E-state index in [0.717, 1.165) is 12.8 Å². The molecule has 1 aliphatic carbocycles. The molecule has 2 nitrogen and oxygen atoms in total. The first-order valence-electron chi connectivity index (χ1n) is 5.99. The SMILES string of the molecule is CCCCC1(C)C(=O)C(C)(C)C1N(C)C. The highest BCUT2D eigenvalue weighted by molar-refractivity contribution is 5.97. The molecule has 0 heterocycles. The summed E-state index contributed by atoms with van der Waals surface area (Å²) in [6.07, 6.45) is 3.36. The lowest BCUT2D eigenvalue weighted by molar-refractivity contribution is -0.171. The van der Waals surface area contributed by atoms with Gasteiger partial charge in [-0.05, 0) is 20.5 Å². The van der Waals surface area contributed by atoms with Gasteiger partial charge in [0.05, 0.1) is 0 Å².